The van der Waals surface area contributed by atoms with Crippen LogP contribution in [0.2, 0.25) is 0 Å². The first-order valence-corrected chi connectivity index (χ1v) is 10.0. The van der Waals surface area contributed by atoms with Gasteiger partial charge in [0.25, 0.3) is 0 Å². The number of likely N-dealkylation sites (tertiary alicyclic amines) is 1. The summed E-state index contributed by atoms with van der Waals surface area (Å²) in [7, 11) is 1.54. The average Bonchev–Trinajstić information content (AvgIpc) is 3.32. The third-order valence-electron chi connectivity index (χ3n) is 4.78. The largest absolute Gasteiger partial charge is 0.495 e. The topological polar surface area (TPSA) is 37.4 Å². The van der Waals surface area contributed by atoms with Crippen molar-refractivity contribution in [2.75, 3.05) is 25.5 Å². The second-order valence-electron chi connectivity index (χ2n) is 6.83. The van der Waals surface area contributed by atoms with Gasteiger partial charge in [0.15, 0.2) is 5.13 Å². The molecule has 4 nitrogen and oxygen atoms in total. The fourth-order valence-electron chi connectivity index (χ4n) is 3.32. The van der Waals surface area contributed by atoms with Crippen LogP contribution >= 0.6 is 11.3 Å². The van der Waals surface area contributed by atoms with Crippen molar-refractivity contribution in [2.45, 2.75) is 19.1 Å². The number of benzene rings is 2. The molecule has 2 heterocycles. The highest BCUT2D eigenvalue weighted by Gasteiger charge is 2.21. The number of hydrogen-bond donors (Lipinski definition) is 1. The molecule has 0 aliphatic carbocycles. The first-order valence-electron chi connectivity index (χ1n) is 9.12. The Morgan fingerprint density at radius 3 is 2.79 bits per heavy atom. The van der Waals surface area contributed by atoms with Gasteiger partial charge in [-0.25, -0.2) is 13.8 Å². The van der Waals surface area contributed by atoms with E-state index >= 15 is 0 Å². The lowest BCUT2D eigenvalue weighted by Gasteiger charge is -2.14. The molecular weight excluding hydrogens is 380 g/mol. The Labute approximate surface area is 166 Å². The minimum Gasteiger partial charge on any atom is -0.495 e. The van der Waals surface area contributed by atoms with Crippen LogP contribution in [0.15, 0.2) is 47.8 Å². The zero-order valence-corrected chi connectivity index (χ0v) is 16.3. The zero-order valence-electron chi connectivity index (χ0n) is 15.5. The Hall–Kier alpha value is -2.51. The second kappa shape index (κ2) is 8.24. The van der Waals surface area contributed by atoms with Crippen molar-refractivity contribution >= 4 is 22.2 Å². The van der Waals surface area contributed by atoms with Gasteiger partial charge in [-0.2, -0.15) is 0 Å². The molecule has 0 spiro atoms. The summed E-state index contributed by atoms with van der Waals surface area (Å²) in [4.78, 5) is 6.73. The molecule has 1 aromatic heterocycles. The normalized spacial score (nSPS) is 17.0. The van der Waals surface area contributed by atoms with Crippen LogP contribution in [-0.4, -0.2) is 36.3 Å². The number of nitrogens with one attached hydrogen (secondary N) is 1. The van der Waals surface area contributed by atoms with Crippen molar-refractivity contribution in [1.82, 2.24) is 9.88 Å². The van der Waals surface area contributed by atoms with Gasteiger partial charge in [0.05, 0.1) is 18.5 Å². The monoisotopic (exact) mass is 401 g/mol. The first-order chi connectivity index (χ1) is 13.6. The summed E-state index contributed by atoms with van der Waals surface area (Å²) in [6.45, 7) is 2.10. The number of thiazole rings is 1. The molecule has 1 saturated heterocycles. The Morgan fingerprint density at radius 2 is 2.07 bits per heavy atom. The third kappa shape index (κ3) is 4.31. The quantitative estimate of drug-likeness (QED) is 0.613. The number of methoxy groups -OCH3 is 1. The van der Waals surface area contributed by atoms with E-state index in [1.54, 1.807) is 13.2 Å². The van der Waals surface area contributed by atoms with E-state index in [1.807, 2.05) is 17.5 Å². The highest BCUT2D eigenvalue weighted by atomic mass is 32.1. The molecule has 7 heteroatoms. The fraction of sp³-hybridized carbons (Fsp3) is 0.286. The summed E-state index contributed by atoms with van der Waals surface area (Å²) in [5.74, 6) is 0.215. The predicted octanol–water partition coefficient (Wildman–Crippen LogP) is 5.25. The van der Waals surface area contributed by atoms with Crippen molar-refractivity contribution < 1.29 is 13.5 Å². The smallest absolute Gasteiger partial charge is 0.187 e. The lowest BCUT2D eigenvalue weighted by Crippen LogP contribution is -2.20. The maximum atomic E-state index is 13.5. The van der Waals surface area contributed by atoms with Crippen LogP contribution in [0.3, 0.4) is 0 Å². The average molecular weight is 401 g/mol. The lowest BCUT2D eigenvalue weighted by molar-refractivity contribution is 0.282. The van der Waals surface area contributed by atoms with Gasteiger partial charge in [-0.15, -0.1) is 11.3 Å². The van der Waals surface area contributed by atoms with Crippen molar-refractivity contribution in [3.63, 3.8) is 0 Å². The number of rotatable bonds is 6. The number of ether oxygens (including phenoxy) is 1. The molecule has 2 aromatic carbocycles. The summed E-state index contributed by atoms with van der Waals surface area (Å²) in [5, 5.41) is 5.74. The molecule has 0 saturated carbocycles. The molecule has 3 aromatic rings. The minimum atomic E-state index is -0.697. The van der Waals surface area contributed by atoms with Gasteiger partial charge in [-0.3, -0.25) is 4.90 Å². The maximum absolute atomic E-state index is 13.5. The van der Waals surface area contributed by atoms with E-state index in [0.717, 1.165) is 29.9 Å². The van der Waals surface area contributed by atoms with Gasteiger partial charge in [-0.05, 0) is 24.1 Å². The van der Waals surface area contributed by atoms with Crippen molar-refractivity contribution in [3.05, 3.63) is 59.2 Å². The minimum absolute atomic E-state index is 0.340. The highest BCUT2D eigenvalue weighted by molar-refractivity contribution is 7.14. The Kier molecular flexibility index (Phi) is 5.54. The number of nitrogens with zero attached hydrogens (tertiary/aromatic N) is 2. The summed E-state index contributed by atoms with van der Waals surface area (Å²) in [6, 6.07) is 12.5. The fourth-order valence-corrected chi connectivity index (χ4v) is 4.06. The standard InChI is InChI=1S/C21H21F2N3OS/c1-27-20-7-6-16(22)10-18(20)24-21-25-19(13-28-21)15-4-2-14(3-5-15)11-26-9-8-17(23)12-26/h2-7,10,13,17H,8-9,11-12H2,1H3,(H,24,25). The summed E-state index contributed by atoms with van der Waals surface area (Å²) in [6.07, 6.45) is -0.0695. The Morgan fingerprint density at radius 1 is 1.25 bits per heavy atom. The van der Waals surface area contributed by atoms with Crippen molar-refractivity contribution in [3.8, 4) is 17.0 Å². The van der Waals surface area contributed by atoms with Crippen LogP contribution in [0.5, 0.6) is 5.75 Å². The Bertz CT molecular complexity index is 945. The van der Waals surface area contributed by atoms with Gasteiger partial charge in [-0.1, -0.05) is 24.3 Å². The van der Waals surface area contributed by atoms with E-state index < -0.39 is 6.17 Å². The van der Waals surface area contributed by atoms with Crippen LogP contribution in [0, 0.1) is 5.82 Å². The van der Waals surface area contributed by atoms with Gasteiger partial charge >= 0.3 is 0 Å². The van der Waals surface area contributed by atoms with Gasteiger partial charge in [0.2, 0.25) is 0 Å². The molecule has 1 aliphatic heterocycles. The number of anilines is 2. The predicted molar refractivity (Wildman–Crippen MR) is 109 cm³/mol. The summed E-state index contributed by atoms with van der Waals surface area (Å²) < 4.78 is 32.1. The van der Waals surface area contributed by atoms with Gasteiger partial charge in [0.1, 0.15) is 17.7 Å². The molecule has 1 N–H and O–H groups in total. The van der Waals surface area contributed by atoms with Crippen molar-refractivity contribution in [2.24, 2.45) is 0 Å². The lowest BCUT2D eigenvalue weighted by atomic mass is 10.1. The molecule has 1 atom stereocenters. The first kappa shape index (κ1) is 18.8. The molecule has 146 valence electrons. The summed E-state index contributed by atoms with van der Waals surface area (Å²) in [5.41, 5.74) is 3.55. The van der Waals surface area contributed by atoms with E-state index in [1.165, 1.54) is 23.5 Å². The maximum Gasteiger partial charge on any atom is 0.187 e. The van der Waals surface area contributed by atoms with E-state index in [2.05, 4.69) is 27.3 Å². The van der Waals surface area contributed by atoms with Crippen molar-refractivity contribution in [1.29, 1.82) is 0 Å². The molecule has 28 heavy (non-hydrogen) atoms. The van der Waals surface area contributed by atoms with Crippen LogP contribution in [0.4, 0.5) is 19.6 Å². The Balaban J connectivity index is 1.45. The SMILES string of the molecule is COc1ccc(F)cc1Nc1nc(-c2ccc(CN3CCC(F)C3)cc2)cs1. The van der Waals surface area contributed by atoms with E-state index in [-0.39, 0.29) is 5.82 Å². The molecule has 1 unspecified atom stereocenters. The van der Waals surface area contributed by atoms with Crippen LogP contribution in [0.25, 0.3) is 11.3 Å². The number of hydrogen-bond acceptors (Lipinski definition) is 5. The van der Waals surface area contributed by atoms with E-state index in [0.29, 0.717) is 29.5 Å². The third-order valence-corrected chi connectivity index (χ3v) is 5.54. The zero-order chi connectivity index (χ0) is 19.5. The van der Waals surface area contributed by atoms with Crippen LogP contribution in [-0.2, 0) is 6.54 Å². The van der Waals surface area contributed by atoms with Crippen LogP contribution in [0.1, 0.15) is 12.0 Å². The van der Waals surface area contributed by atoms with Crippen LogP contribution < -0.4 is 10.1 Å². The molecular formula is C21H21F2N3OS. The molecule has 0 bridgehead atoms. The second-order valence-corrected chi connectivity index (χ2v) is 7.68. The highest BCUT2D eigenvalue weighted by Crippen LogP contribution is 2.32. The molecule has 4 rings (SSSR count). The molecule has 0 radical (unpaired) electrons. The summed E-state index contributed by atoms with van der Waals surface area (Å²) >= 11 is 1.44. The molecule has 1 fully saturated rings. The molecule has 0 amide bonds. The van der Waals surface area contributed by atoms with E-state index in [9.17, 15) is 8.78 Å². The van der Waals surface area contributed by atoms with E-state index in [4.69, 9.17) is 4.74 Å². The van der Waals surface area contributed by atoms with Gasteiger partial charge in [0, 0.05) is 36.6 Å². The van der Waals surface area contributed by atoms with Gasteiger partial charge < -0.3 is 10.1 Å². The molecule has 1 aliphatic rings. The number of alkyl halides is 1. The number of aromatic nitrogens is 1. The number of halogens is 2.